The van der Waals surface area contributed by atoms with Gasteiger partial charge < -0.3 is 9.47 Å². The van der Waals surface area contributed by atoms with Crippen molar-refractivity contribution >= 4 is 63.5 Å². The summed E-state index contributed by atoms with van der Waals surface area (Å²) in [6.07, 6.45) is 1.55. The number of nitrogens with zero attached hydrogens (tertiary/aromatic N) is 1. The van der Waals surface area contributed by atoms with Gasteiger partial charge in [-0.2, -0.15) is 0 Å². The number of anilines is 1. The van der Waals surface area contributed by atoms with Crippen molar-refractivity contribution in [2.45, 2.75) is 13.8 Å². The fourth-order valence-corrected chi connectivity index (χ4v) is 3.77. The summed E-state index contributed by atoms with van der Waals surface area (Å²) in [5.41, 5.74) is 1.28. The number of hydrogen-bond donors (Lipinski definition) is 1. The zero-order valence-corrected chi connectivity index (χ0v) is 18.9. The lowest BCUT2D eigenvalue weighted by Crippen LogP contribution is -2.54. The summed E-state index contributed by atoms with van der Waals surface area (Å²) in [4.78, 5) is 26.8. The van der Waals surface area contributed by atoms with Crippen molar-refractivity contribution < 1.29 is 19.1 Å². The number of hydrogen-bond acceptors (Lipinski definition) is 5. The average molecular weight is 522 g/mol. The van der Waals surface area contributed by atoms with Gasteiger partial charge in [0.05, 0.1) is 22.5 Å². The van der Waals surface area contributed by atoms with Crippen molar-refractivity contribution in [1.29, 1.82) is 0 Å². The van der Waals surface area contributed by atoms with Gasteiger partial charge in [-0.15, -0.1) is 0 Å². The molecule has 0 saturated carbocycles. The lowest BCUT2D eigenvalue weighted by molar-refractivity contribution is -0.122. The Kier molecular flexibility index (Phi) is 6.86. The van der Waals surface area contributed by atoms with Crippen LogP contribution >= 0.6 is 34.8 Å². The highest BCUT2D eigenvalue weighted by Crippen LogP contribution is 2.26. The first-order chi connectivity index (χ1) is 13.9. The van der Waals surface area contributed by atoms with Gasteiger partial charge >= 0.3 is 0 Å². The summed E-state index contributed by atoms with van der Waals surface area (Å²) in [7, 11) is 0. The smallest absolute Gasteiger partial charge is 0.270 e. The average Bonchev–Trinajstić information content (AvgIpc) is 2.69. The van der Waals surface area contributed by atoms with Crippen molar-refractivity contribution in [1.82, 2.24) is 5.32 Å². The number of carbonyl (C=O) groups excluding carboxylic acids is 2. The molecule has 0 spiro atoms. The second-order valence-electron chi connectivity index (χ2n) is 6.01. The number of halogens is 1. The molecule has 0 aliphatic carbocycles. The Hall–Kier alpha value is -2.46. The van der Waals surface area contributed by atoms with E-state index in [9.17, 15) is 9.59 Å². The van der Waals surface area contributed by atoms with E-state index in [1.165, 1.54) is 4.90 Å². The fourth-order valence-electron chi connectivity index (χ4n) is 2.80. The van der Waals surface area contributed by atoms with Crippen molar-refractivity contribution in [3.05, 3.63) is 57.2 Å². The largest absolute Gasteiger partial charge is 0.494 e. The van der Waals surface area contributed by atoms with E-state index >= 15 is 0 Å². The minimum atomic E-state index is -0.522. The van der Waals surface area contributed by atoms with Gasteiger partial charge in [-0.25, -0.2) is 0 Å². The molecule has 0 atom stereocenters. The topological polar surface area (TPSA) is 67.9 Å². The predicted octanol–water partition coefficient (Wildman–Crippen LogP) is 3.92. The number of amides is 2. The molecule has 1 saturated heterocycles. The quantitative estimate of drug-likeness (QED) is 0.270. The summed E-state index contributed by atoms with van der Waals surface area (Å²) in [5, 5.41) is 2.63. The molecule has 0 aromatic heterocycles. The molecule has 1 aliphatic heterocycles. The van der Waals surface area contributed by atoms with Crippen LogP contribution < -0.4 is 19.7 Å². The third kappa shape index (κ3) is 4.76. The molecular formula is C21H19IN2O4S. The molecule has 2 amide bonds. The van der Waals surface area contributed by atoms with E-state index in [2.05, 4.69) is 27.9 Å². The van der Waals surface area contributed by atoms with Gasteiger partial charge in [-0.3, -0.25) is 19.8 Å². The summed E-state index contributed by atoms with van der Waals surface area (Å²) in [6, 6.07) is 12.4. The zero-order valence-electron chi connectivity index (χ0n) is 15.9. The van der Waals surface area contributed by atoms with Crippen LogP contribution in [-0.2, 0) is 9.59 Å². The molecule has 2 aromatic carbocycles. The van der Waals surface area contributed by atoms with Crippen molar-refractivity contribution in [3.63, 3.8) is 0 Å². The van der Waals surface area contributed by atoms with E-state index in [4.69, 9.17) is 21.7 Å². The minimum Gasteiger partial charge on any atom is -0.494 e. The normalized spacial score (nSPS) is 15.5. The summed E-state index contributed by atoms with van der Waals surface area (Å²) >= 11 is 7.39. The first-order valence-corrected chi connectivity index (χ1v) is 10.5. The molecule has 1 heterocycles. The zero-order chi connectivity index (χ0) is 21.0. The monoisotopic (exact) mass is 522 g/mol. The van der Waals surface area contributed by atoms with E-state index in [0.717, 1.165) is 14.9 Å². The number of ether oxygens (including phenoxy) is 2. The van der Waals surface area contributed by atoms with Crippen LogP contribution in [0.1, 0.15) is 19.4 Å². The number of rotatable bonds is 6. The maximum atomic E-state index is 13.1. The lowest BCUT2D eigenvalue weighted by atomic mass is 10.1. The van der Waals surface area contributed by atoms with Gasteiger partial charge in [-0.1, -0.05) is 6.07 Å². The number of nitrogens with one attached hydrogen (secondary N) is 1. The molecule has 6 nitrogen and oxygen atoms in total. The van der Waals surface area contributed by atoms with Crippen LogP contribution in [0.25, 0.3) is 6.08 Å². The Labute approximate surface area is 188 Å². The summed E-state index contributed by atoms with van der Waals surface area (Å²) in [6.45, 7) is 4.91. The first-order valence-electron chi connectivity index (χ1n) is 9.01. The van der Waals surface area contributed by atoms with E-state index in [1.807, 2.05) is 26.0 Å². The van der Waals surface area contributed by atoms with Gasteiger partial charge in [0, 0.05) is 0 Å². The number of thiocarbonyl (C=S) groups is 1. The standard InChI is InChI=1S/C21H19IN2O4S/c1-3-27-15-8-6-14(7-9-15)24-20(26)16(19(25)23-21(24)29)11-13-5-10-18(28-4-2)17(22)12-13/h5-12H,3-4H2,1-2H3,(H,23,25,29). The highest BCUT2D eigenvalue weighted by molar-refractivity contribution is 14.1. The Bertz CT molecular complexity index is 989. The van der Waals surface area contributed by atoms with E-state index in [1.54, 1.807) is 36.4 Å². The van der Waals surface area contributed by atoms with Crippen LogP contribution in [0.3, 0.4) is 0 Å². The molecule has 0 radical (unpaired) electrons. The number of benzene rings is 2. The summed E-state index contributed by atoms with van der Waals surface area (Å²) < 4.78 is 11.8. The first kappa shape index (κ1) is 21.3. The Morgan fingerprint density at radius 1 is 1.07 bits per heavy atom. The molecule has 150 valence electrons. The molecular weight excluding hydrogens is 503 g/mol. The van der Waals surface area contributed by atoms with E-state index in [0.29, 0.717) is 24.7 Å². The van der Waals surface area contributed by atoms with Crippen LogP contribution in [-0.4, -0.2) is 30.1 Å². The highest BCUT2D eigenvalue weighted by Gasteiger charge is 2.34. The van der Waals surface area contributed by atoms with Crippen LogP contribution in [0.5, 0.6) is 11.5 Å². The van der Waals surface area contributed by atoms with E-state index < -0.39 is 11.8 Å². The predicted molar refractivity (Wildman–Crippen MR) is 124 cm³/mol. The Balaban J connectivity index is 1.92. The second kappa shape index (κ2) is 9.36. The van der Waals surface area contributed by atoms with Gasteiger partial charge in [0.25, 0.3) is 11.8 Å². The third-order valence-electron chi connectivity index (χ3n) is 4.07. The van der Waals surface area contributed by atoms with Crippen LogP contribution in [0.4, 0.5) is 5.69 Å². The Morgan fingerprint density at radius 2 is 1.76 bits per heavy atom. The van der Waals surface area contributed by atoms with E-state index in [-0.39, 0.29) is 10.7 Å². The van der Waals surface area contributed by atoms with Gasteiger partial charge in [-0.05, 0) is 96.7 Å². The molecule has 0 unspecified atom stereocenters. The third-order valence-corrected chi connectivity index (χ3v) is 5.20. The number of carbonyl (C=O) groups is 2. The maximum absolute atomic E-state index is 13.1. The van der Waals surface area contributed by atoms with Gasteiger partial charge in [0.2, 0.25) is 0 Å². The van der Waals surface area contributed by atoms with Gasteiger partial charge in [0.1, 0.15) is 17.1 Å². The van der Waals surface area contributed by atoms with Gasteiger partial charge in [0.15, 0.2) is 5.11 Å². The SMILES string of the molecule is CCOc1ccc(N2C(=O)C(=Cc3ccc(OCC)c(I)c3)C(=O)NC2=S)cc1. The molecule has 0 bridgehead atoms. The van der Waals surface area contributed by atoms with Crippen LogP contribution in [0.15, 0.2) is 48.0 Å². The van der Waals surface area contributed by atoms with Crippen molar-refractivity contribution in [2.75, 3.05) is 18.1 Å². The highest BCUT2D eigenvalue weighted by atomic mass is 127. The molecule has 1 fully saturated rings. The second-order valence-corrected chi connectivity index (χ2v) is 7.56. The molecule has 29 heavy (non-hydrogen) atoms. The molecule has 1 aliphatic rings. The minimum absolute atomic E-state index is 0.00689. The fraction of sp³-hybridized carbons (Fsp3) is 0.190. The summed E-state index contributed by atoms with van der Waals surface area (Å²) in [5.74, 6) is 0.445. The van der Waals surface area contributed by atoms with Crippen LogP contribution in [0.2, 0.25) is 0 Å². The lowest BCUT2D eigenvalue weighted by Gasteiger charge is -2.29. The van der Waals surface area contributed by atoms with Crippen molar-refractivity contribution in [2.24, 2.45) is 0 Å². The molecule has 1 N–H and O–H groups in total. The Morgan fingerprint density at radius 3 is 2.38 bits per heavy atom. The van der Waals surface area contributed by atoms with Crippen molar-refractivity contribution in [3.8, 4) is 11.5 Å². The molecule has 8 heteroatoms. The molecule has 3 rings (SSSR count). The van der Waals surface area contributed by atoms with Crippen LogP contribution in [0, 0.1) is 3.57 Å². The maximum Gasteiger partial charge on any atom is 0.270 e. The molecule has 2 aromatic rings.